The molecule has 2 aromatic rings. The van der Waals surface area contributed by atoms with Gasteiger partial charge in [0.25, 0.3) is 0 Å². The molecular weight excluding hydrogens is 253 g/mol. The Bertz CT molecular complexity index is 644. The first kappa shape index (κ1) is 12.9. The maximum Gasteiger partial charge on any atom is 0.381 e. The fraction of sp³-hybridized carbons (Fsp3) is 0.231. The number of ether oxygens (including phenoxy) is 2. The smallest absolute Gasteiger partial charge is 0.381 e. The first-order valence-electron chi connectivity index (χ1n) is 5.56. The van der Waals surface area contributed by atoms with Crippen LogP contribution in [0.2, 0.25) is 0 Å². The Hall–Kier alpha value is -2.55. The molecule has 0 aliphatic carbocycles. The second-order valence-corrected chi connectivity index (χ2v) is 3.55. The zero-order valence-electron chi connectivity index (χ0n) is 10.1. The lowest BCUT2D eigenvalue weighted by Crippen LogP contribution is -2.24. The van der Waals surface area contributed by atoms with Gasteiger partial charge in [-0.1, -0.05) is 12.1 Å². The third-order valence-electron chi connectivity index (χ3n) is 2.34. The minimum Gasteiger partial charge on any atom is -0.461 e. The van der Waals surface area contributed by atoms with E-state index in [2.05, 4.69) is 4.74 Å². The average molecular weight is 263 g/mol. The molecule has 5 nitrogen and oxygen atoms in total. The van der Waals surface area contributed by atoms with Crippen molar-refractivity contribution in [2.75, 3.05) is 6.61 Å². The average Bonchev–Trinajstić information content (AvgIpc) is 2.77. The van der Waals surface area contributed by atoms with E-state index in [4.69, 9.17) is 14.4 Å². The third-order valence-corrected chi connectivity index (χ3v) is 2.34. The highest BCUT2D eigenvalue weighted by Crippen LogP contribution is 2.33. The molecule has 19 heavy (non-hydrogen) atoms. The molecule has 0 saturated heterocycles. The van der Waals surface area contributed by atoms with Gasteiger partial charge in [0, 0.05) is 0 Å². The second kappa shape index (κ2) is 5.40. The van der Waals surface area contributed by atoms with Crippen molar-refractivity contribution < 1.29 is 23.1 Å². The number of furan rings is 1. The standard InChI is InChI=1S/C13H10FNO4/c1-2-17-13(16)12(14)19-11-8-5-3-4-6-9(8)18-10(11)7-15/h3-6,12H,2H2,1H3. The maximum atomic E-state index is 13.5. The molecule has 1 heterocycles. The SMILES string of the molecule is CCOC(=O)C(F)Oc1c(C#N)oc2ccccc12. The lowest BCUT2D eigenvalue weighted by Gasteiger charge is -2.09. The summed E-state index contributed by atoms with van der Waals surface area (Å²) >= 11 is 0. The molecule has 0 N–H and O–H groups in total. The zero-order valence-corrected chi connectivity index (χ0v) is 10.1. The molecule has 0 spiro atoms. The van der Waals surface area contributed by atoms with Crippen molar-refractivity contribution in [3.63, 3.8) is 0 Å². The van der Waals surface area contributed by atoms with Gasteiger partial charge in [-0.2, -0.15) is 9.65 Å². The molecule has 0 aliphatic heterocycles. The van der Waals surface area contributed by atoms with Crippen molar-refractivity contribution in [1.82, 2.24) is 0 Å². The number of esters is 1. The molecule has 98 valence electrons. The number of halogens is 1. The summed E-state index contributed by atoms with van der Waals surface area (Å²) in [5.41, 5.74) is 0.380. The largest absolute Gasteiger partial charge is 0.461 e. The molecule has 1 atom stereocenters. The summed E-state index contributed by atoms with van der Waals surface area (Å²) in [5.74, 6) is -1.43. The molecule has 0 saturated carbocycles. The van der Waals surface area contributed by atoms with Crippen LogP contribution in [0, 0.1) is 11.3 Å². The summed E-state index contributed by atoms with van der Waals surface area (Å²) in [6.45, 7) is 1.60. The van der Waals surface area contributed by atoms with Gasteiger partial charge < -0.3 is 13.9 Å². The molecule has 1 unspecified atom stereocenters. The van der Waals surface area contributed by atoms with Crippen molar-refractivity contribution in [2.24, 2.45) is 0 Å². The van der Waals surface area contributed by atoms with Gasteiger partial charge in [0.1, 0.15) is 11.7 Å². The van der Waals surface area contributed by atoms with Crippen LogP contribution in [0.15, 0.2) is 28.7 Å². The van der Waals surface area contributed by atoms with Crippen LogP contribution in [-0.2, 0) is 9.53 Å². The number of fused-ring (bicyclic) bond motifs is 1. The van der Waals surface area contributed by atoms with E-state index >= 15 is 0 Å². The Morgan fingerprint density at radius 3 is 2.95 bits per heavy atom. The predicted molar refractivity (Wildman–Crippen MR) is 63.1 cm³/mol. The van der Waals surface area contributed by atoms with Gasteiger partial charge >= 0.3 is 12.3 Å². The van der Waals surface area contributed by atoms with Crippen molar-refractivity contribution in [3.8, 4) is 11.8 Å². The monoisotopic (exact) mass is 263 g/mol. The van der Waals surface area contributed by atoms with Crippen LogP contribution in [0.5, 0.6) is 5.75 Å². The minimum atomic E-state index is -2.30. The first-order valence-corrected chi connectivity index (χ1v) is 5.56. The van der Waals surface area contributed by atoms with Gasteiger partial charge in [-0.15, -0.1) is 0 Å². The summed E-state index contributed by atoms with van der Waals surface area (Å²) in [7, 11) is 0. The number of rotatable bonds is 4. The van der Waals surface area contributed by atoms with E-state index in [1.807, 2.05) is 0 Å². The zero-order chi connectivity index (χ0) is 13.8. The van der Waals surface area contributed by atoms with Crippen molar-refractivity contribution >= 4 is 16.9 Å². The van der Waals surface area contributed by atoms with Gasteiger partial charge in [-0.25, -0.2) is 4.79 Å². The molecule has 1 aromatic carbocycles. The number of para-hydroxylation sites is 1. The van der Waals surface area contributed by atoms with Crippen LogP contribution in [0.1, 0.15) is 12.7 Å². The number of hydrogen-bond donors (Lipinski definition) is 0. The highest BCUT2D eigenvalue weighted by atomic mass is 19.1. The summed E-state index contributed by atoms with van der Waals surface area (Å²) in [4.78, 5) is 11.2. The molecular formula is C13H10FNO4. The fourth-order valence-corrected chi connectivity index (χ4v) is 1.57. The fourth-order valence-electron chi connectivity index (χ4n) is 1.57. The Morgan fingerprint density at radius 1 is 1.53 bits per heavy atom. The quantitative estimate of drug-likeness (QED) is 0.792. The second-order valence-electron chi connectivity index (χ2n) is 3.55. The van der Waals surface area contributed by atoms with E-state index in [1.165, 1.54) is 0 Å². The summed E-state index contributed by atoms with van der Waals surface area (Å²) < 4.78 is 28.1. The first-order chi connectivity index (χ1) is 9.17. The molecule has 0 fully saturated rings. The van der Waals surface area contributed by atoms with E-state index in [0.29, 0.717) is 11.0 Å². The van der Waals surface area contributed by atoms with Gasteiger partial charge in [0.2, 0.25) is 5.76 Å². The minimum absolute atomic E-state index is 0.0415. The van der Waals surface area contributed by atoms with Crippen molar-refractivity contribution in [2.45, 2.75) is 13.3 Å². The summed E-state index contributed by atoms with van der Waals surface area (Å²) in [5, 5.41) is 9.33. The van der Waals surface area contributed by atoms with E-state index in [0.717, 1.165) is 0 Å². The highest BCUT2D eigenvalue weighted by molar-refractivity contribution is 5.87. The van der Waals surface area contributed by atoms with E-state index < -0.39 is 12.3 Å². The lowest BCUT2D eigenvalue weighted by molar-refractivity contribution is -0.159. The van der Waals surface area contributed by atoms with Crippen LogP contribution in [0.3, 0.4) is 0 Å². The summed E-state index contributed by atoms with van der Waals surface area (Å²) in [6.07, 6.45) is -2.30. The van der Waals surface area contributed by atoms with E-state index in [-0.39, 0.29) is 18.1 Å². The number of benzene rings is 1. The van der Waals surface area contributed by atoms with Crippen LogP contribution in [0.4, 0.5) is 4.39 Å². The van der Waals surface area contributed by atoms with Crippen molar-refractivity contribution in [1.29, 1.82) is 5.26 Å². The van der Waals surface area contributed by atoms with Crippen LogP contribution < -0.4 is 4.74 Å². The topological polar surface area (TPSA) is 72.5 Å². The third kappa shape index (κ3) is 2.50. The summed E-state index contributed by atoms with van der Waals surface area (Å²) in [6, 6.07) is 8.35. The number of hydrogen-bond acceptors (Lipinski definition) is 5. The normalized spacial score (nSPS) is 11.8. The van der Waals surface area contributed by atoms with Gasteiger partial charge in [-0.3, -0.25) is 0 Å². The Morgan fingerprint density at radius 2 is 2.26 bits per heavy atom. The number of carbonyl (C=O) groups is 1. The van der Waals surface area contributed by atoms with Crippen molar-refractivity contribution in [3.05, 3.63) is 30.0 Å². The number of nitriles is 1. The maximum absolute atomic E-state index is 13.5. The molecule has 0 radical (unpaired) electrons. The molecule has 2 rings (SSSR count). The Labute approximate surface area is 108 Å². The van der Waals surface area contributed by atoms with E-state index in [9.17, 15) is 9.18 Å². The van der Waals surface area contributed by atoms with Crippen LogP contribution in [0.25, 0.3) is 11.0 Å². The predicted octanol–water partition coefficient (Wildman–Crippen LogP) is 2.54. The molecule has 6 heteroatoms. The van der Waals surface area contributed by atoms with Gasteiger partial charge in [0.05, 0.1) is 12.0 Å². The molecule has 0 amide bonds. The molecule has 0 bridgehead atoms. The molecule has 1 aromatic heterocycles. The highest BCUT2D eigenvalue weighted by Gasteiger charge is 2.25. The molecule has 0 aliphatic rings. The Kier molecular flexibility index (Phi) is 3.66. The Balaban J connectivity index is 2.34. The number of carbonyl (C=O) groups excluding carboxylic acids is 1. The lowest BCUT2D eigenvalue weighted by atomic mass is 10.2. The van der Waals surface area contributed by atoms with Gasteiger partial charge in [-0.05, 0) is 19.1 Å². The van der Waals surface area contributed by atoms with Gasteiger partial charge in [0.15, 0.2) is 5.75 Å². The number of nitrogens with zero attached hydrogens (tertiary/aromatic N) is 1. The van der Waals surface area contributed by atoms with E-state index in [1.54, 1.807) is 37.3 Å². The van der Waals surface area contributed by atoms with Crippen LogP contribution >= 0.6 is 0 Å². The van der Waals surface area contributed by atoms with Crippen LogP contribution in [-0.4, -0.2) is 18.9 Å². The number of alkyl halides is 1.